The van der Waals surface area contributed by atoms with Crippen LogP contribution < -0.4 is 0 Å². The van der Waals surface area contributed by atoms with Gasteiger partial charge in [0.1, 0.15) is 5.44 Å². The first-order valence-corrected chi connectivity index (χ1v) is 10.9. The van der Waals surface area contributed by atoms with Crippen LogP contribution >= 0.6 is 19.6 Å². The zero-order valence-electron chi connectivity index (χ0n) is 14.8. The predicted octanol–water partition coefficient (Wildman–Crippen LogP) is 5.17. The average molecular weight is 400 g/mol. The van der Waals surface area contributed by atoms with E-state index in [-0.39, 0.29) is 0 Å². The van der Waals surface area contributed by atoms with Crippen LogP contribution in [-0.4, -0.2) is 15.2 Å². The molecule has 0 aromatic heterocycles. The maximum absolute atomic E-state index is 11.4. The Morgan fingerprint density at radius 2 is 1.11 bits per heavy atom. The number of phosphoric ester groups is 1. The Labute approximate surface area is 163 Å². The SMILES string of the molecule is CC(OP(=O)(O)O)SC(c1ccccc1)(c1ccccc1)c1ccccc1. The third-order valence-electron chi connectivity index (χ3n) is 4.17. The summed E-state index contributed by atoms with van der Waals surface area (Å²) in [6.45, 7) is 1.66. The second kappa shape index (κ2) is 8.42. The summed E-state index contributed by atoms with van der Waals surface area (Å²) >= 11 is 1.36. The fraction of sp³-hybridized carbons (Fsp3) is 0.143. The molecule has 0 aliphatic heterocycles. The Morgan fingerprint density at radius 3 is 1.41 bits per heavy atom. The molecule has 140 valence electrons. The molecule has 3 aromatic carbocycles. The van der Waals surface area contributed by atoms with E-state index >= 15 is 0 Å². The van der Waals surface area contributed by atoms with Gasteiger partial charge in [-0.05, 0) is 23.6 Å². The van der Waals surface area contributed by atoms with Gasteiger partial charge in [0.15, 0.2) is 0 Å². The molecule has 0 saturated heterocycles. The Kier molecular flexibility index (Phi) is 6.20. The van der Waals surface area contributed by atoms with E-state index < -0.39 is 18.0 Å². The fourth-order valence-corrected chi connectivity index (χ4v) is 5.40. The van der Waals surface area contributed by atoms with Crippen LogP contribution in [0.3, 0.4) is 0 Å². The molecule has 3 rings (SSSR count). The fourth-order valence-electron chi connectivity index (χ4n) is 3.19. The molecule has 0 aliphatic carbocycles. The van der Waals surface area contributed by atoms with Crippen molar-refractivity contribution in [2.24, 2.45) is 0 Å². The van der Waals surface area contributed by atoms with E-state index in [1.54, 1.807) is 6.92 Å². The topological polar surface area (TPSA) is 66.8 Å². The van der Waals surface area contributed by atoms with Crippen LogP contribution in [0, 0.1) is 0 Å². The van der Waals surface area contributed by atoms with Crippen molar-refractivity contribution in [1.82, 2.24) is 0 Å². The summed E-state index contributed by atoms with van der Waals surface area (Å²) < 4.78 is 15.7. The molecule has 0 saturated carbocycles. The second-order valence-electron chi connectivity index (χ2n) is 6.06. The van der Waals surface area contributed by atoms with Crippen molar-refractivity contribution in [1.29, 1.82) is 0 Å². The molecule has 3 aromatic rings. The quantitative estimate of drug-likeness (QED) is 0.325. The van der Waals surface area contributed by atoms with Crippen molar-refractivity contribution in [3.63, 3.8) is 0 Å². The predicted molar refractivity (Wildman–Crippen MR) is 109 cm³/mol. The maximum atomic E-state index is 11.4. The summed E-state index contributed by atoms with van der Waals surface area (Å²) in [4.78, 5) is 18.5. The molecule has 0 spiro atoms. The number of thioether (sulfide) groups is 1. The van der Waals surface area contributed by atoms with Gasteiger partial charge in [-0.15, -0.1) is 11.8 Å². The number of rotatable bonds is 7. The smallest absolute Gasteiger partial charge is 0.303 e. The van der Waals surface area contributed by atoms with Crippen molar-refractivity contribution in [3.8, 4) is 0 Å². The van der Waals surface area contributed by atoms with Crippen LogP contribution in [0.5, 0.6) is 0 Å². The third-order valence-corrected chi connectivity index (χ3v) is 6.39. The van der Waals surface area contributed by atoms with E-state index in [0.29, 0.717) is 0 Å². The molecule has 4 nitrogen and oxygen atoms in total. The monoisotopic (exact) mass is 400 g/mol. The molecule has 0 heterocycles. The highest BCUT2D eigenvalue weighted by Gasteiger charge is 2.40. The molecule has 6 heteroatoms. The lowest BCUT2D eigenvalue weighted by atomic mass is 9.84. The van der Waals surface area contributed by atoms with Crippen LogP contribution in [0.4, 0.5) is 0 Å². The van der Waals surface area contributed by atoms with Crippen LogP contribution in [0.25, 0.3) is 0 Å². The van der Waals surface area contributed by atoms with Crippen LogP contribution in [0.1, 0.15) is 23.6 Å². The normalized spacial score (nSPS) is 13.3. The van der Waals surface area contributed by atoms with Gasteiger partial charge in [-0.1, -0.05) is 91.0 Å². The summed E-state index contributed by atoms with van der Waals surface area (Å²) in [5, 5.41) is 0. The molecule has 0 fully saturated rings. The van der Waals surface area contributed by atoms with E-state index in [1.165, 1.54) is 11.8 Å². The number of phosphoric acid groups is 1. The molecule has 1 atom stereocenters. The molecule has 0 radical (unpaired) electrons. The first-order valence-electron chi connectivity index (χ1n) is 8.50. The van der Waals surface area contributed by atoms with Crippen molar-refractivity contribution in [3.05, 3.63) is 108 Å². The van der Waals surface area contributed by atoms with Crippen molar-refractivity contribution in [2.75, 3.05) is 0 Å². The summed E-state index contributed by atoms with van der Waals surface area (Å²) in [7, 11) is -4.60. The molecule has 27 heavy (non-hydrogen) atoms. The molecule has 0 amide bonds. The van der Waals surface area contributed by atoms with Gasteiger partial charge in [0.05, 0.1) is 4.75 Å². The zero-order valence-corrected chi connectivity index (χ0v) is 16.5. The number of benzene rings is 3. The van der Waals surface area contributed by atoms with Gasteiger partial charge in [0, 0.05) is 0 Å². The number of hydrogen-bond acceptors (Lipinski definition) is 3. The first kappa shape index (κ1) is 19.9. The third kappa shape index (κ3) is 4.70. The second-order valence-corrected chi connectivity index (χ2v) is 8.76. The Hall–Kier alpha value is -1.88. The minimum absolute atomic E-state index is 0.682. The van der Waals surface area contributed by atoms with Gasteiger partial charge < -0.3 is 9.79 Å². The average Bonchev–Trinajstić information content (AvgIpc) is 2.67. The van der Waals surface area contributed by atoms with Gasteiger partial charge in [-0.2, -0.15) is 0 Å². The molecule has 0 aliphatic rings. The van der Waals surface area contributed by atoms with Crippen molar-refractivity contribution >= 4 is 19.6 Å². The van der Waals surface area contributed by atoms with Crippen LogP contribution in [-0.2, 0) is 13.8 Å². The van der Waals surface area contributed by atoms with E-state index in [4.69, 9.17) is 4.52 Å². The van der Waals surface area contributed by atoms with Gasteiger partial charge >= 0.3 is 7.82 Å². The van der Waals surface area contributed by atoms with E-state index in [9.17, 15) is 14.4 Å². The lowest BCUT2D eigenvalue weighted by Crippen LogP contribution is -2.28. The van der Waals surface area contributed by atoms with Gasteiger partial charge in [-0.25, -0.2) is 4.57 Å². The van der Waals surface area contributed by atoms with Crippen LogP contribution in [0.2, 0.25) is 0 Å². The van der Waals surface area contributed by atoms with Gasteiger partial charge in [0.2, 0.25) is 0 Å². The minimum Gasteiger partial charge on any atom is -0.303 e. The zero-order chi connectivity index (χ0) is 19.3. The van der Waals surface area contributed by atoms with Crippen molar-refractivity contribution in [2.45, 2.75) is 17.1 Å². The highest BCUT2D eigenvalue weighted by Crippen LogP contribution is 2.52. The lowest BCUT2D eigenvalue weighted by molar-refractivity contribution is 0.190. The summed E-state index contributed by atoms with van der Waals surface area (Å²) in [6, 6.07) is 29.8. The van der Waals surface area contributed by atoms with E-state index in [2.05, 4.69) is 0 Å². The van der Waals surface area contributed by atoms with E-state index in [1.807, 2.05) is 91.0 Å². The summed E-state index contributed by atoms with van der Waals surface area (Å²) in [6.07, 6.45) is 0. The Morgan fingerprint density at radius 1 is 0.778 bits per heavy atom. The molecular weight excluding hydrogens is 379 g/mol. The molecule has 2 N–H and O–H groups in total. The largest absolute Gasteiger partial charge is 0.470 e. The Balaban J connectivity index is 2.21. The highest BCUT2D eigenvalue weighted by atomic mass is 32.2. The molecule has 0 bridgehead atoms. The standard InChI is InChI=1S/C21H21O4PS/c1-17(25-26(22,23)24)27-21(18-11-5-2-6-12-18,19-13-7-3-8-14-19)20-15-9-4-10-16-20/h2-17H,1H3,(H2,22,23,24). The molecular formula is C21H21O4PS. The lowest BCUT2D eigenvalue weighted by Gasteiger charge is -2.37. The van der Waals surface area contributed by atoms with Crippen molar-refractivity contribution < 1.29 is 18.9 Å². The highest BCUT2D eigenvalue weighted by molar-refractivity contribution is 8.01. The first-order chi connectivity index (χ1) is 12.9. The minimum atomic E-state index is -4.60. The van der Waals surface area contributed by atoms with Crippen LogP contribution in [0.15, 0.2) is 91.0 Å². The summed E-state index contributed by atoms with van der Waals surface area (Å²) in [5.74, 6) is 0. The van der Waals surface area contributed by atoms with E-state index in [0.717, 1.165) is 16.7 Å². The summed E-state index contributed by atoms with van der Waals surface area (Å²) in [5.41, 5.74) is 2.28. The Bertz CT molecular complexity index is 801. The van der Waals surface area contributed by atoms with Gasteiger partial charge in [0.25, 0.3) is 0 Å². The number of hydrogen-bond donors (Lipinski definition) is 2. The maximum Gasteiger partial charge on any atom is 0.470 e. The molecule has 1 unspecified atom stereocenters. The van der Waals surface area contributed by atoms with Gasteiger partial charge in [-0.3, -0.25) is 4.52 Å².